The van der Waals surface area contributed by atoms with Gasteiger partial charge in [-0.05, 0) is 51.8 Å². The maximum Gasteiger partial charge on any atom is 0.459 e. The second kappa shape index (κ2) is 38.5. The summed E-state index contributed by atoms with van der Waals surface area (Å²) in [6.45, 7) is 18.8. The van der Waals surface area contributed by atoms with E-state index in [4.69, 9.17) is 29.8 Å². The number of anilines is 1. The normalized spacial score (nSPS) is 18.6. The molecule has 1 aromatic carbocycles. The van der Waals surface area contributed by atoms with E-state index < -0.39 is 68.1 Å². The van der Waals surface area contributed by atoms with Crippen molar-refractivity contribution in [3.63, 3.8) is 0 Å². The van der Waals surface area contributed by atoms with Gasteiger partial charge in [-0.2, -0.15) is 10.1 Å². The van der Waals surface area contributed by atoms with Gasteiger partial charge in [0.15, 0.2) is 0 Å². The van der Waals surface area contributed by atoms with Crippen LogP contribution in [0.25, 0.3) is 4.85 Å². The van der Waals surface area contributed by atoms with Gasteiger partial charge in [0, 0.05) is 26.0 Å². The van der Waals surface area contributed by atoms with Gasteiger partial charge in [0.2, 0.25) is 18.2 Å². The molecule has 0 radical (unpaired) electrons. The number of unbranched alkanes of at least 4 members (excludes halogenated alkanes) is 28. The number of hydrogen-bond donors (Lipinski definition) is 2. The Bertz CT molecular complexity index is 2030. The molecule has 1 aliphatic rings. The Kier molecular flexibility index (Phi) is 33.4. The van der Waals surface area contributed by atoms with Crippen LogP contribution in [0.1, 0.15) is 253 Å². The maximum atomic E-state index is 14.5. The molecule has 1 saturated heterocycles. The first kappa shape index (κ1) is 65.2. The highest BCUT2D eigenvalue weighted by molar-refractivity contribution is 7.52. The maximum absolute atomic E-state index is 14.5. The molecular formula is C59H98N5O10P. The standard InChI is InChI=1S/C59H98N5O10P/c1-8-10-12-14-16-18-20-22-24-26-28-30-32-34-39-43-53(65)61-52-45-46-64(58(68)62-52)57-59(6,60-7)55(73-54(66)44-40-35-33-31-29-27-25-23-21-19-17-15-13-11-9-2)51(72-57)47-70-75(69,74-50-41-37-36-38-42-50)63-49(5)56(67)71-48(3)4/h36-38,41-42,45-46,48-49,51,55,57H,8-35,39-40,43-44,47H2,1-6H3,(H,63,69)(H,61,62,65,68)/t49-,51+,55+,57?,59+,75+/m0/s1. The van der Waals surface area contributed by atoms with Crippen molar-refractivity contribution in [1.29, 1.82) is 0 Å². The van der Waals surface area contributed by atoms with Crippen LogP contribution >= 0.6 is 7.75 Å². The number of carbonyl (C=O) groups excluding carboxylic acids is 3. The molecule has 1 aromatic heterocycles. The number of rotatable bonds is 44. The third kappa shape index (κ3) is 26.7. The van der Waals surface area contributed by atoms with E-state index in [9.17, 15) is 23.7 Å². The average molecular weight is 1070 g/mol. The lowest BCUT2D eigenvalue weighted by Gasteiger charge is -2.26. The Morgan fingerprint density at radius 3 is 1.64 bits per heavy atom. The second-order valence-electron chi connectivity index (χ2n) is 21.3. The van der Waals surface area contributed by atoms with Gasteiger partial charge in [-0.15, -0.1) is 0 Å². The molecule has 6 atom stereocenters. The Morgan fingerprint density at radius 2 is 1.19 bits per heavy atom. The van der Waals surface area contributed by atoms with Crippen LogP contribution in [0.15, 0.2) is 47.4 Å². The fourth-order valence-electron chi connectivity index (χ4n) is 9.55. The van der Waals surface area contributed by atoms with Crippen LogP contribution < -0.4 is 20.6 Å². The average Bonchev–Trinajstić information content (AvgIpc) is 3.65. The number of esters is 2. The van der Waals surface area contributed by atoms with E-state index in [1.54, 1.807) is 44.2 Å². The molecule has 0 aliphatic carbocycles. The summed E-state index contributed by atoms with van der Waals surface area (Å²) in [6.07, 6.45) is 33.6. The highest BCUT2D eigenvalue weighted by atomic mass is 31.2. The van der Waals surface area contributed by atoms with E-state index in [0.717, 1.165) is 55.9 Å². The zero-order valence-electron chi connectivity index (χ0n) is 47.1. The number of para-hydroxylation sites is 1. The van der Waals surface area contributed by atoms with Crippen molar-refractivity contribution in [3.05, 3.63) is 64.5 Å². The lowest BCUT2D eigenvalue weighted by atomic mass is 9.92. The van der Waals surface area contributed by atoms with Crippen LogP contribution in [0.4, 0.5) is 5.82 Å². The summed E-state index contributed by atoms with van der Waals surface area (Å²) in [5, 5.41) is 5.39. The molecule has 1 amide bonds. The molecule has 0 bridgehead atoms. The zero-order valence-corrected chi connectivity index (χ0v) is 48.0. The molecule has 424 valence electrons. The van der Waals surface area contributed by atoms with Gasteiger partial charge >= 0.3 is 30.9 Å². The minimum absolute atomic E-state index is 0.0614. The van der Waals surface area contributed by atoms with Gasteiger partial charge < -0.3 is 28.9 Å². The third-order valence-electron chi connectivity index (χ3n) is 14.0. The van der Waals surface area contributed by atoms with E-state index in [1.165, 1.54) is 161 Å². The molecule has 1 aliphatic heterocycles. The largest absolute Gasteiger partial charge is 0.462 e. The molecule has 1 fully saturated rings. The first-order chi connectivity index (χ1) is 36.2. The summed E-state index contributed by atoms with van der Waals surface area (Å²) < 4.78 is 45.3. The molecule has 0 saturated carbocycles. The minimum atomic E-state index is -4.42. The predicted molar refractivity (Wildman–Crippen MR) is 299 cm³/mol. The van der Waals surface area contributed by atoms with Crippen LogP contribution in [0.2, 0.25) is 0 Å². The molecule has 16 heteroatoms. The summed E-state index contributed by atoms with van der Waals surface area (Å²) in [5.74, 6) is -1.25. The minimum Gasteiger partial charge on any atom is -0.462 e. The zero-order chi connectivity index (χ0) is 54.6. The molecule has 1 unspecified atom stereocenters. The van der Waals surface area contributed by atoms with Crippen LogP contribution in [0, 0.1) is 6.57 Å². The van der Waals surface area contributed by atoms with Gasteiger partial charge in [0.1, 0.15) is 23.7 Å². The summed E-state index contributed by atoms with van der Waals surface area (Å²) in [7, 11) is -4.42. The fraction of sp³-hybridized carbons (Fsp3) is 0.763. The molecule has 2 aromatic rings. The van der Waals surface area contributed by atoms with E-state index in [1.807, 2.05) is 0 Å². The van der Waals surface area contributed by atoms with Crippen molar-refractivity contribution in [2.45, 2.75) is 283 Å². The van der Waals surface area contributed by atoms with Crippen molar-refractivity contribution in [3.8, 4) is 5.75 Å². The third-order valence-corrected chi connectivity index (χ3v) is 15.6. The molecule has 2 heterocycles. The lowest BCUT2D eigenvalue weighted by molar-refractivity contribution is -0.154. The highest BCUT2D eigenvalue weighted by Gasteiger charge is 2.64. The number of nitrogens with zero attached hydrogens (tertiary/aromatic N) is 3. The number of nitrogens with one attached hydrogen (secondary N) is 2. The van der Waals surface area contributed by atoms with Gasteiger partial charge in [-0.25, -0.2) is 15.9 Å². The Labute approximate surface area is 451 Å². The Balaban J connectivity index is 1.63. The van der Waals surface area contributed by atoms with Gasteiger partial charge in [-0.1, -0.05) is 212 Å². The van der Waals surface area contributed by atoms with E-state index >= 15 is 0 Å². The second-order valence-corrected chi connectivity index (χ2v) is 23.0. The predicted octanol–water partition coefficient (Wildman–Crippen LogP) is 15.3. The van der Waals surface area contributed by atoms with E-state index in [-0.39, 0.29) is 23.9 Å². The van der Waals surface area contributed by atoms with Gasteiger partial charge in [0.05, 0.1) is 12.7 Å². The fourth-order valence-corrected chi connectivity index (χ4v) is 11.1. The number of ether oxygens (including phenoxy) is 3. The van der Waals surface area contributed by atoms with Crippen molar-refractivity contribution < 1.29 is 42.2 Å². The summed E-state index contributed by atoms with van der Waals surface area (Å²) >= 11 is 0. The first-order valence-corrected chi connectivity index (χ1v) is 30.9. The summed E-state index contributed by atoms with van der Waals surface area (Å²) in [4.78, 5) is 61.2. The molecule has 2 N–H and O–H groups in total. The first-order valence-electron chi connectivity index (χ1n) is 29.3. The van der Waals surface area contributed by atoms with Crippen molar-refractivity contribution in [2.24, 2.45) is 0 Å². The lowest BCUT2D eigenvalue weighted by Crippen LogP contribution is -2.46. The molecular weight excluding hydrogens is 970 g/mol. The molecule has 15 nitrogen and oxygen atoms in total. The molecule has 3 rings (SSSR count). The summed E-state index contributed by atoms with van der Waals surface area (Å²) in [5.41, 5.74) is -2.50. The number of aromatic nitrogens is 2. The van der Waals surface area contributed by atoms with Crippen molar-refractivity contribution >= 4 is 31.4 Å². The quantitative estimate of drug-likeness (QED) is 0.0278. The van der Waals surface area contributed by atoms with E-state index in [2.05, 4.69) is 34.1 Å². The molecule has 0 spiro atoms. The molecule has 75 heavy (non-hydrogen) atoms. The van der Waals surface area contributed by atoms with Crippen LogP contribution in [-0.2, 0) is 37.7 Å². The number of hydrogen-bond acceptors (Lipinski definition) is 11. The number of amides is 1. The van der Waals surface area contributed by atoms with E-state index in [0.29, 0.717) is 12.8 Å². The summed E-state index contributed by atoms with van der Waals surface area (Å²) in [6, 6.07) is 8.59. The van der Waals surface area contributed by atoms with Crippen molar-refractivity contribution in [1.82, 2.24) is 14.6 Å². The Morgan fingerprint density at radius 1 is 0.720 bits per heavy atom. The van der Waals surface area contributed by atoms with Gasteiger partial charge in [0.25, 0.3) is 0 Å². The number of carbonyl (C=O) groups is 3. The van der Waals surface area contributed by atoms with Crippen LogP contribution in [0.5, 0.6) is 5.75 Å². The van der Waals surface area contributed by atoms with Crippen LogP contribution in [-0.4, -0.2) is 63.9 Å². The van der Waals surface area contributed by atoms with Gasteiger partial charge in [-0.3, -0.25) is 23.5 Å². The SMILES string of the molecule is [C-]#[N+][C@@]1(C)C(n2ccc(NC(=O)CCCCCCCCCCCCCCCCC)nc2=O)O[C@H](CO[P@](=O)(N[C@@H](C)C(=O)OC(C)C)Oc2ccccc2)[C@H]1OC(=O)CCCCCCCCCCCCCCCCC. The topological polar surface area (TPSA) is 178 Å². The van der Waals surface area contributed by atoms with Crippen molar-refractivity contribution in [2.75, 3.05) is 11.9 Å². The Hall–Kier alpha value is -4.09. The monoisotopic (exact) mass is 1070 g/mol. The van der Waals surface area contributed by atoms with Crippen LogP contribution in [0.3, 0.4) is 0 Å². The number of benzene rings is 1. The smallest absolute Gasteiger partial charge is 0.459 e. The highest BCUT2D eigenvalue weighted by Crippen LogP contribution is 2.48.